The highest BCUT2D eigenvalue weighted by molar-refractivity contribution is 6.39. The molecule has 3 heterocycles. The summed E-state index contributed by atoms with van der Waals surface area (Å²) in [5.41, 5.74) is 4.37. The van der Waals surface area contributed by atoms with Crippen molar-refractivity contribution in [1.82, 2.24) is 19.9 Å². The zero-order valence-electron chi connectivity index (χ0n) is 27.0. The van der Waals surface area contributed by atoms with Crippen molar-refractivity contribution in [1.29, 1.82) is 0 Å². The molecule has 0 bridgehead atoms. The Hall–Kier alpha value is -4.19. The van der Waals surface area contributed by atoms with Crippen LogP contribution in [-0.4, -0.2) is 65.3 Å². The molecule has 1 atom stereocenters. The van der Waals surface area contributed by atoms with Gasteiger partial charge in [-0.05, 0) is 56.2 Å². The molecule has 1 aliphatic rings. The lowest BCUT2D eigenvalue weighted by molar-refractivity contribution is -0.141. The van der Waals surface area contributed by atoms with Gasteiger partial charge >= 0.3 is 0 Å². The van der Waals surface area contributed by atoms with Crippen molar-refractivity contribution in [3.8, 4) is 45.5 Å². The summed E-state index contributed by atoms with van der Waals surface area (Å²) in [6.45, 7) is 6.21. The van der Waals surface area contributed by atoms with Gasteiger partial charge in [0.15, 0.2) is 5.79 Å². The summed E-state index contributed by atoms with van der Waals surface area (Å²) < 4.78 is 28.8. The molecule has 250 valence electrons. The summed E-state index contributed by atoms with van der Waals surface area (Å²) in [4.78, 5) is 17.7. The maximum atomic E-state index is 6.85. The molecule has 1 saturated heterocycles. The Labute approximate surface area is 289 Å². The first-order chi connectivity index (χ1) is 23.3. The smallest absolute Gasteiger partial charge is 0.223 e. The fourth-order valence-electron chi connectivity index (χ4n) is 5.25. The number of aromatic nitrogens is 4. The minimum absolute atomic E-state index is 0.202. The molecular formula is C36H37Cl2N5O5. The van der Waals surface area contributed by atoms with Crippen molar-refractivity contribution in [2.75, 3.05) is 38.8 Å². The zero-order chi connectivity index (χ0) is 33.5. The minimum Gasteiger partial charge on any atom is -0.491 e. The van der Waals surface area contributed by atoms with Gasteiger partial charge in [-0.25, -0.2) is 15.0 Å². The van der Waals surface area contributed by atoms with Gasteiger partial charge < -0.3 is 34.0 Å². The van der Waals surface area contributed by atoms with E-state index >= 15 is 0 Å². The molecule has 6 rings (SSSR count). The number of hydrogen-bond donors (Lipinski definition) is 2. The molecule has 2 aromatic heterocycles. The molecule has 1 aliphatic heterocycles. The van der Waals surface area contributed by atoms with Crippen LogP contribution in [0.5, 0.6) is 11.5 Å². The monoisotopic (exact) mass is 689 g/mol. The average molecular weight is 691 g/mol. The number of anilines is 1. The third-order valence-corrected chi connectivity index (χ3v) is 8.13. The van der Waals surface area contributed by atoms with Gasteiger partial charge in [-0.2, -0.15) is 0 Å². The van der Waals surface area contributed by atoms with Crippen LogP contribution in [0.3, 0.4) is 0 Å². The molecule has 3 aromatic carbocycles. The Morgan fingerprint density at radius 3 is 2.52 bits per heavy atom. The molecule has 0 aliphatic carbocycles. The molecule has 0 saturated carbocycles. The van der Waals surface area contributed by atoms with Crippen molar-refractivity contribution in [2.45, 2.75) is 38.8 Å². The number of imidazole rings is 1. The van der Waals surface area contributed by atoms with E-state index in [9.17, 15) is 0 Å². The Morgan fingerprint density at radius 2 is 1.77 bits per heavy atom. The van der Waals surface area contributed by atoms with Crippen LogP contribution in [-0.2, 0) is 20.8 Å². The summed E-state index contributed by atoms with van der Waals surface area (Å²) in [7, 11) is 1.68. The fraction of sp³-hybridized carbons (Fsp3) is 0.306. The SMILES string of the molecule is COCCCNc1nccc(-c2[nH]c(-c3c(Cl)cc(OC[C@H]4COC(C)(C)O4)cc3Cl)nc2-c2cccc(OCc3ccccc3)c2)n1. The van der Waals surface area contributed by atoms with Crippen molar-refractivity contribution >= 4 is 29.2 Å². The van der Waals surface area contributed by atoms with Crippen LogP contribution in [0.15, 0.2) is 79.0 Å². The largest absolute Gasteiger partial charge is 0.491 e. The van der Waals surface area contributed by atoms with E-state index in [0.29, 0.717) is 88.9 Å². The molecule has 0 spiro atoms. The number of aromatic amines is 1. The Kier molecular flexibility index (Phi) is 10.8. The molecule has 12 heteroatoms. The summed E-state index contributed by atoms with van der Waals surface area (Å²) >= 11 is 13.7. The highest BCUT2D eigenvalue weighted by Crippen LogP contribution is 2.41. The van der Waals surface area contributed by atoms with Gasteiger partial charge in [0.05, 0.1) is 39.3 Å². The highest BCUT2D eigenvalue weighted by Gasteiger charge is 2.33. The molecule has 10 nitrogen and oxygen atoms in total. The van der Waals surface area contributed by atoms with Crippen LogP contribution in [0.2, 0.25) is 10.0 Å². The topological polar surface area (TPSA) is 113 Å². The molecule has 2 N–H and O–H groups in total. The number of hydrogen-bond acceptors (Lipinski definition) is 9. The number of nitrogens with zero attached hydrogens (tertiary/aromatic N) is 3. The van der Waals surface area contributed by atoms with Crippen molar-refractivity contribution in [3.05, 3.63) is 94.6 Å². The molecule has 0 unspecified atom stereocenters. The Bertz CT molecular complexity index is 1810. The first kappa shape index (κ1) is 33.7. The molecule has 0 radical (unpaired) electrons. The third-order valence-electron chi connectivity index (χ3n) is 7.54. The van der Waals surface area contributed by atoms with Crippen molar-refractivity contribution < 1.29 is 23.7 Å². The van der Waals surface area contributed by atoms with Crippen LogP contribution in [0, 0.1) is 0 Å². The van der Waals surface area contributed by atoms with Gasteiger partial charge in [0.2, 0.25) is 5.95 Å². The number of rotatable bonds is 14. The summed E-state index contributed by atoms with van der Waals surface area (Å²) in [6, 6.07) is 23.1. The lowest BCUT2D eigenvalue weighted by Crippen LogP contribution is -2.25. The Morgan fingerprint density at radius 1 is 0.958 bits per heavy atom. The second-order valence-corrected chi connectivity index (χ2v) is 12.5. The van der Waals surface area contributed by atoms with Gasteiger partial charge in [-0.15, -0.1) is 0 Å². The van der Waals surface area contributed by atoms with Gasteiger partial charge in [0.25, 0.3) is 0 Å². The van der Waals surface area contributed by atoms with Crippen molar-refractivity contribution in [2.24, 2.45) is 0 Å². The number of nitrogens with one attached hydrogen (secondary N) is 2. The predicted molar refractivity (Wildman–Crippen MR) is 187 cm³/mol. The van der Waals surface area contributed by atoms with Gasteiger partial charge in [-0.3, -0.25) is 0 Å². The first-order valence-corrected chi connectivity index (χ1v) is 16.4. The molecular weight excluding hydrogens is 653 g/mol. The maximum absolute atomic E-state index is 6.85. The van der Waals surface area contributed by atoms with Crippen LogP contribution < -0.4 is 14.8 Å². The molecule has 5 aromatic rings. The molecule has 0 amide bonds. The third kappa shape index (κ3) is 8.44. The van der Waals surface area contributed by atoms with Crippen LogP contribution in [0.1, 0.15) is 25.8 Å². The highest BCUT2D eigenvalue weighted by atomic mass is 35.5. The Balaban J connectivity index is 1.32. The predicted octanol–water partition coefficient (Wildman–Crippen LogP) is 8.07. The van der Waals surface area contributed by atoms with E-state index < -0.39 is 5.79 Å². The van der Waals surface area contributed by atoms with E-state index in [-0.39, 0.29) is 6.10 Å². The van der Waals surface area contributed by atoms with Crippen LogP contribution in [0.25, 0.3) is 34.0 Å². The maximum Gasteiger partial charge on any atom is 0.223 e. The zero-order valence-corrected chi connectivity index (χ0v) is 28.5. The number of methoxy groups -OCH3 is 1. The first-order valence-electron chi connectivity index (χ1n) is 15.7. The minimum atomic E-state index is -0.639. The quantitative estimate of drug-likeness (QED) is 0.112. The van der Waals surface area contributed by atoms with E-state index in [2.05, 4.69) is 15.3 Å². The van der Waals surface area contributed by atoms with Gasteiger partial charge in [-0.1, -0.05) is 65.7 Å². The normalized spacial score (nSPS) is 15.4. The average Bonchev–Trinajstić information content (AvgIpc) is 3.68. The summed E-state index contributed by atoms with van der Waals surface area (Å²) in [5, 5.41) is 4.00. The molecule has 1 fully saturated rings. The van der Waals surface area contributed by atoms with Crippen LogP contribution >= 0.6 is 23.2 Å². The second-order valence-electron chi connectivity index (χ2n) is 11.7. The van der Waals surface area contributed by atoms with E-state index in [0.717, 1.165) is 17.5 Å². The fourth-order valence-corrected chi connectivity index (χ4v) is 5.90. The second kappa shape index (κ2) is 15.4. The van der Waals surface area contributed by atoms with E-state index in [4.69, 9.17) is 56.9 Å². The van der Waals surface area contributed by atoms with E-state index in [1.807, 2.05) is 74.5 Å². The van der Waals surface area contributed by atoms with E-state index in [1.165, 1.54) is 0 Å². The van der Waals surface area contributed by atoms with E-state index in [1.54, 1.807) is 25.4 Å². The molecule has 48 heavy (non-hydrogen) atoms. The lowest BCUT2D eigenvalue weighted by Gasteiger charge is -2.17. The van der Waals surface area contributed by atoms with Crippen LogP contribution in [0.4, 0.5) is 5.95 Å². The number of benzene rings is 3. The van der Waals surface area contributed by atoms with Crippen molar-refractivity contribution in [3.63, 3.8) is 0 Å². The number of halogens is 2. The van der Waals surface area contributed by atoms with Gasteiger partial charge in [0, 0.05) is 32.0 Å². The summed E-state index contributed by atoms with van der Waals surface area (Å²) in [6.07, 6.45) is 2.32. The number of ether oxygens (including phenoxy) is 5. The summed E-state index contributed by atoms with van der Waals surface area (Å²) in [5.74, 6) is 1.53. The van der Waals surface area contributed by atoms with Gasteiger partial charge in [0.1, 0.15) is 36.6 Å². The lowest BCUT2D eigenvalue weighted by atomic mass is 10.1. The standard InChI is InChI=1S/C36H37Cl2N5O5/c1-36(2)47-22-27(48-36)21-46-26-18-28(37)31(29(38)19-26)34-42-32(24-11-7-12-25(17-24)45-20-23-9-5-4-6-10-23)33(43-34)30-13-15-40-35(41-30)39-14-8-16-44-3/h4-7,9-13,15,17-19,27H,8,14,16,20-22H2,1-3H3,(H,42,43)(H,39,40,41)/t27-/m0/s1. The number of H-pyrrole nitrogens is 1.